The molecule has 0 unspecified atom stereocenters. The number of nitrogens with zero attached hydrogens (tertiary/aromatic N) is 1. The molecule has 17 heavy (non-hydrogen) atoms. The third-order valence-electron chi connectivity index (χ3n) is 3.37. The molecule has 0 atom stereocenters. The topological polar surface area (TPSA) is 0 Å². The highest BCUT2D eigenvalue weighted by molar-refractivity contribution is 9.93. The average molecular weight is 432 g/mol. The van der Waals surface area contributed by atoms with Crippen LogP contribution in [0.4, 0.5) is 0 Å². The van der Waals surface area contributed by atoms with Crippen LogP contribution in [0.15, 0.2) is 30.3 Å². The van der Waals surface area contributed by atoms with Crippen molar-refractivity contribution >= 4 is 28.3 Å². The van der Waals surface area contributed by atoms with Gasteiger partial charge in [0.05, 0.1) is 19.6 Å². The highest BCUT2D eigenvalue weighted by Gasteiger charge is 2.20. The van der Waals surface area contributed by atoms with Crippen molar-refractivity contribution in [3.8, 4) is 0 Å². The van der Waals surface area contributed by atoms with Gasteiger partial charge in [-0.25, -0.2) is 0 Å². The van der Waals surface area contributed by atoms with Crippen molar-refractivity contribution in [2.45, 2.75) is 27.3 Å². The molecule has 1 aromatic carbocycles. The lowest BCUT2D eigenvalue weighted by Gasteiger charge is -2.35. The van der Waals surface area contributed by atoms with Crippen LogP contribution in [0, 0.1) is 0 Å². The normalized spacial score (nSPS) is 9.94. The zero-order valence-corrected chi connectivity index (χ0v) is 15.6. The van der Waals surface area contributed by atoms with Crippen LogP contribution in [0.25, 0.3) is 0 Å². The molecule has 0 N–H and O–H groups in total. The van der Waals surface area contributed by atoms with E-state index in [1.165, 1.54) is 36.2 Å². The molecule has 0 aliphatic rings. The predicted octanol–water partition coefficient (Wildman–Crippen LogP) is 1.76. The van der Waals surface area contributed by atoms with E-state index < -0.39 is 0 Å². The molecule has 0 aliphatic carbocycles. The fourth-order valence-electron chi connectivity index (χ4n) is 1.98. The molecule has 0 fully saturated rings. The molecule has 0 saturated carbocycles. The van der Waals surface area contributed by atoms with Crippen LogP contribution in [0.2, 0.25) is 0 Å². The van der Waals surface area contributed by atoms with Gasteiger partial charge in [0.2, 0.25) is 0 Å². The summed E-state index contributed by atoms with van der Waals surface area (Å²) in [7, 11) is 0. The number of quaternary nitrogens is 1. The maximum absolute atomic E-state index is 2.75. The number of rotatable bonds is 5. The molecule has 0 radical (unpaired) electrons. The first-order chi connectivity index (χ1) is 7.76. The zero-order valence-electron chi connectivity index (χ0n) is 10.8. The molecule has 0 aliphatic heterocycles. The molecular formula is C13H22Br3N. The molecule has 0 amide bonds. The highest BCUT2D eigenvalue weighted by atomic mass is 80.9. The van der Waals surface area contributed by atoms with Gasteiger partial charge < -0.3 is 21.5 Å². The lowest BCUT2D eigenvalue weighted by atomic mass is 10.2. The van der Waals surface area contributed by atoms with Gasteiger partial charge in [-0.1, -0.05) is 30.3 Å². The van der Waals surface area contributed by atoms with Crippen LogP contribution in [0.1, 0.15) is 26.3 Å². The fourth-order valence-corrected chi connectivity index (χ4v) is 1.98. The Morgan fingerprint density at radius 2 is 1.29 bits per heavy atom. The maximum atomic E-state index is 2.75. The standard InChI is InChI=1S/C13H22N.Br2.BrH/c1-4-14(5-2,6-3)12-13-10-8-7-9-11-13;1-2;/h7-11H,4-6,12H2,1-3H3;;1H/q+1;;/p-1. The molecular weight excluding hydrogens is 410 g/mol. The third-order valence-corrected chi connectivity index (χ3v) is 3.37. The van der Waals surface area contributed by atoms with E-state index in [1.807, 2.05) is 0 Å². The van der Waals surface area contributed by atoms with Crippen molar-refractivity contribution in [2.24, 2.45) is 0 Å². The van der Waals surface area contributed by atoms with E-state index >= 15 is 0 Å². The van der Waals surface area contributed by atoms with Gasteiger partial charge >= 0.3 is 0 Å². The van der Waals surface area contributed by atoms with E-state index in [1.54, 1.807) is 0 Å². The second-order valence-electron chi connectivity index (χ2n) is 3.93. The van der Waals surface area contributed by atoms with Crippen LogP contribution >= 0.6 is 28.3 Å². The molecule has 0 saturated heterocycles. The largest absolute Gasteiger partial charge is 1.00 e. The smallest absolute Gasteiger partial charge is 0.104 e. The van der Waals surface area contributed by atoms with Crippen molar-refractivity contribution in [3.05, 3.63) is 35.9 Å². The quantitative estimate of drug-likeness (QED) is 0.623. The number of hydrogen-bond acceptors (Lipinski definition) is 0. The molecule has 0 bridgehead atoms. The van der Waals surface area contributed by atoms with E-state index in [2.05, 4.69) is 79.4 Å². The summed E-state index contributed by atoms with van der Waals surface area (Å²) in [6.45, 7) is 11.7. The summed E-state index contributed by atoms with van der Waals surface area (Å²) in [6.07, 6.45) is 0. The molecule has 0 heterocycles. The number of halogens is 3. The first kappa shape index (κ1) is 19.9. The zero-order chi connectivity index (χ0) is 12.4. The van der Waals surface area contributed by atoms with Gasteiger partial charge in [-0.15, -0.1) is 0 Å². The first-order valence-corrected chi connectivity index (χ1v) is 9.51. The molecule has 1 aromatic rings. The molecule has 0 spiro atoms. The second-order valence-corrected chi connectivity index (χ2v) is 3.93. The van der Waals surface area contributed by atoms with Gasteiger partial charge in [0.15, 0.2) is 0 Å². The van der Waals surface area contributed by atoms with Crippen LogP contribution < -0.4 is 17.0 Å². The van der Waals surface area contributed by atoms with Gasteiger partial charge in [0.1, 0.15) is 6.54 Å². The van der Waals surface area contributed by atoms with Gasteiger partial charge in [0, 0.05) is 33.8 Å². The Labute approximate surface area is 132 Å². The molecule has 4 heteroatoms. The fraction of sp³-hybridized carbons (Fsp3) is 0.538. The third kappa shape index (κ3) is 6.94. The second kappa shape index (κ2) is 11.7. The van der Waals surface area contributed by atoms with Gasteiger partial charge in [-0.05, 0) is 20.8 Å². The van der Waals surface area contributed by atoms with E-state index in [9.17, 15) is 0 Å². The Morgan fingerprint density at radius 3 is 1.65 bits per heavy atom. The molecule has 1 nitrogen and oxygen atoms in total. The summed E-state index contributed by atoms with van der Waals surface area (Å²) in [5.74, 6) is 0. The summed E-state index contributed by atoms with van der Waals surface area (Å²) in [5.41, 5.74) is 1.46. The van der Waals surface area contributed by atoms with E-state index in [0.29, 0.717) is 0 Å². The summed E-state index contributed by atoms with van der Waals surface area (Å²) >= 11 is 5.50. The Bertz CT molecular complexity index is 252. The van der Waals surface area contributed by atoms with Gasteiger partial charge in [0.25, 0.3) is 0 Å². The van der Waals surface area contributed by atoms with Crippen molar-refractivity contribution in [3.63, 3.8) is 0 Å². The monoisotopic (exact) mass is 429 g/mol. The molecule has 1 rings (SSSR count). The minimum atomic E-state index is 0. The van der Waals surface area contributed by atoms with Crippen molar-refractivity contribution in [2.75, 3.05) is 19.6 Å². The van der Waals surface area contributed by atoms with E-state index in [-0.39, 0.29) is 17.0 Å². The number of benzene rings is 1. The average Bonchev–Trinajstić information content (AvgIpc) is 2.40. The predicted molar refractivity (Wildman–Crippen MR) is 79.9 cm³/mol. The van der Waals surface area contributed by atoms with Crippen molar-refractivity contribution in [1.82, 2.24) is 0 Å². The summed E-state index contributed by atoms with van der Waals surface area (Å²) in [4.78, 5) is 0. The Balaban J connectivity index is 0. The summed E-state index contributed by atoms with van der Waals surface area (Å²) < 4.78 is 1.20. The van der Waals surface area contributed by atoms with Crippen LogP contribution in [-0.4, -0.2) is 24.1 Å². The van der Waals surface area contributed by atoms with Crippen LogP contribution in [0.3, 0.4) is 0 Å². The van der Waals surface area contributed by atoms with Crippen molar-refractivity contribution < 1.29 is 21.5 Å². The summed E-state index contributed by atoms with van der Waals surface area (Å²) in [5, 5.41) is 0. The maximum Gasteiger partial charge on any atom is 0.104 e. The minimum absolute atomic E-state index is 0. The van der Waals surface area contributed by atoms with E-state index in [0.717, 1.165) is 0 Å². The highest BCUT2D eigenvalue weighted by Crippen LogP contribution is 2.13. The van der Waals surface area contributed by atoms with Gasteiger partial charge in [-0.2, -0.15) is 0 Å². The first-order valence-electron chi connectivity index (χ1n) is 5.79. The van der Waals surface area contributed by atoms with Crippen molar-refractivity contribution in [1.29, 1.82) is 0 Å². The molecule has 0 aromatic heterocycles. The van der Waals surface area contributed by atoms with Crippen LogP contribution in [0.5, 0.6) is 0 Å². The summed E-state index contributed by atoms with van der Waals surface area (Å²) in [6, 6.07) is 10.8. The van der Waals surface area contributed by atoms with Crippen LogP contribution in [-0.2, 0) is 6.54 Å². The number of hydrogen-bond donors (Lipinski definition) is 0. The minimum Gasteiger partial charge on any atom is -1.00 e. The Morgan fingerprint density at radius 1 is 0.882 bits per heavy atom. The lowest BCUT2D eigenvalue weighted by Crippen LogP contribution is -3.00. The van der Waals surface area contributed by atoms with Gasteiger partial charge in [-0.3, -0.25) is 0 Å². The Hall–Kier alpha value is 0.620. The SMILES string of the molecule is BrBr.CC[N+](CC)(CC)Cc1ccccc1.[Br-]. The Kier molecular flexibility index (Phi) is 13.7. The lowest BCUT2D eigenvalue weighted by molar-refractivity contribution is -0.936. The molecule has 100 valence electrons. The van der Waals surface area contributed by atoms with E-state index in [4.69, 9.17) is 0 Å².